The maximum Gasteiger partial charge on any atom is 0.233 e. The third kappa shape index (κ3) is 4.73. The van der Waals surface area contributed by atoms with Crippen LogP contribution < -0.4 is 5.32 Å². The van der Waals surface area contributed by atoms with Gasteiger partial charge in [0.1, 0.15) is 0 Å². The van der Waals surface area contributed by atoms with Crippen LogP contribution in [0.25, 0.3) is 17.1 Å². The van der Waals surface area contributed by atoms with Crippen molar-refractivity contribution in [2.24, 2.45) is 0 Å². The van der Waals surface area contributed by atoms with Gasteiger partial charge in [-0.25, -0.2) is 0 Å². The monoisotopic (exact) mass is 443 g/mol. The highest BCUT2D eigenvalue weighted by Crippen LogP contribution is 2.31. The Hall–Kier alpha value is -3.45. The summed E-state index contributed by atoms with van der Waals surface area (Å²) in [7, 11) is 0. The first-order valence-corrected chi connectivity index (χ1v) is 11.4. The van der Waals surface area contributed by atoms with Crippen LogP contribution in [0, 0.1) is 6.92 Å². The summed E-state index contributed by atoms with van der Waals surface area (Å²) in [6.45, 7) is 5.92. The number of carbonyl (C=O) groups is 1. The first-order valence-electron chi connectivity index (χ1n) is 10.5. The first-order chi connectivity index (χ1) is 15.5. The lowest BCUT2D eigenvalue weighted by atomic mass is 10.1. The van der Waals surface area contributed by atoms with Crippen molar-refractivity contribution in [2.75, 3.05) is 0 Å². The topological polar surface area (TPSA) is 72.7 Å². The lowest BCUT2D eigenvalue weighted by Gasteiger charge is -2.18. The normalized spacial score (nSPS) is 12.8. The Labute approximate surface area is 192 Å². The Kier molecular flexibility index (Phi) is 6.66. The van der Waals surface area contributed by atoms with Crippen molar-refractivity contribution in [1.29, 1.82) is 0 Å². The quantitative estimate of drug-likeness (QED) is 0.407. The van der Waals surface area contributed by atoms with Gasteiger partial charge in [0.2, 0.25) is 5.91 Å². The molecule has 0 bridgehead atoms. The molecule has 4 aromatic rings. The van der Waals surface area contributed by atoms with Gasteiger partial charge in [-0.15, -0.1) is 10.2 Å². The van der Waals surface area contributed by atoms with E-state index in [-0.39, 0.29) is 17.2 Å². The van der Waals surface area contributed by atoms with Gasteiger partial charge in [-0.05, 0) is 50.1 Å². The summed E-state index contributed by atoms with van der Waals surface area (Å²) in [5.74, 6) is 0.647. The van der Waals surface area contributed by atoms with Gasteiger partial charge >= 0.3 is 0 Å². The van der Waals surface area contributed by atoms with Crippen LogP contribution in [-0.2, 0) is 4.79 Å². The summed E-state index contributed by atoms with van der Waals surface area (Å²) in [6.07, 6.45) is 3.50. The number of pyridine rings is 1. The molecule has 32 heavy (non-hydrogen) atoms. The molecule has 1 amide bonds. The second kappa shape index (κ2) is 9.78. The SMILES string of the molecule is Cc1ccccc1-n1c(SC(C)C(=O)NC(C)c2ccccc2)nnc1-c1cccnc1. The Bertz CT molecular complexity index is 1190. The molecular formula is C25H25N5OS. The van der Waals surface area contributed by atoms with E-state index in [0.717, 1.165) is 22.4 Å². The van der Waals surface area contributed by atoms with E-state index in [0.29, 0.717) is 11.0 Å². The number of hydrogen-bond acceptors (Lipinski definition) is 5. The van der Waals surface area contributed by atoms with Crippen LogP contribution in [0.3, 0.4) is 0 Å². The third-order valence-electron chi connectivity index (χ3n) is 5.22. The zero-order valence-electron chi connectivity index (χ0n) is 18.3. The van der Waals surface area contributed by atoms with Crippen LogP contribution in [0.2, 0.25) is 0 Å². The van der Waals surface area contributed by atoms with E-state index in [1.54, 1.807) is 12.4 Å². The van der Waals surface area contributed by atoms with Gasteiger partial charge in [0, 0.05) is 18.0 Å². The fourth-order valence-electron chi connectivity index (χ4n) is 3.43. The fraction of sp³-hybridized carbons (Fsp3) is 0.200. The minimum absolute atomic E-state index is 0.0476. The van der Waals surface area contributed by atoms with Gasteiger partial charge in [0.15, 0.2) is 11.0 Å². The van der Waals surface area contributed by atoms with Crippen molar-refractivity contribution < 1.29 is 4.79 Å². The molecule has 0 aliphatic rings. The van der Waals surface area contributed by atoms with Crippen LogP contribution in [0.5, 0.6) is 0 Å². The number of amides is 1. The summed E-state index contributed by atoms with van der Waals surface area (Å²) in [5, 5.41) is 12.3. The van der Waals surface area contributed by atoms with Gasteiger partial charge in [-0.3, -0.25) is 14.3 Å². The Morgan fingerprint density at radius 2 is 1.72 bits per heavy atom. The highest BCUT2D eigenvalue weighted by Gasteiger charge is 2.23. The predicted octanol–water partition coefficient (Wildman–Crippen LogP) is 5.00. The minimum Gasteiger partial charge on any atom is -0.349 e. The summed E-state index contributed by atoms with van der Waals surface area (Å²) in [5.41, 5.74) is 4.00. The van der Waals surface area contributed by atoms with Gasteiger partial charge in [0.25, 0.3) is 0 Å². The number of thioether (sulfide) groups is 1. The number of para-hydroxylation sites is 1. The molecule has 0 saturated heterocycles. The Balaban J connectivity index is 1.61. The zero-order chi connectivity index (χ0) is 22.5. The molecule has 2 atom stereocenters. The van der Waals surface area contributed by atoms with Crippen LogP contribution in [0.4, 0.5) is 0 Å². The molecular weight excluding hydrogens is 418 g/mol. The van der Waals surface area contributed by atoms with Crippen LogP contribution in [0.15, 0.2) is 84.3 Å². The number of nitrogens with one attached hydrogen (secondary N) is 1. The van der Waals surface area contributed by atoms with Crippen LogP contribution in [-0.4, -0.2) is 30.9 Å². The van der Waals surface area contributed by atoms with Crippen molar-refractivity contribution in [3.8, 4) is 17.1 Å². The molecule has 4 rings (SSSR count). The summed E-state index contributed by atoms with van der Waals surface area (Å²) < 4.78 is 2.00. The highest BCUT2D eigenvalue weighted by atomic mass is 32.2. The second-order valence-corrected chi connectivity index (χ2v) is 8.88. The van der Waals surface area contributed by atoms with Crippen LogP contribution >= 0.6 is 11.8 Å². The van der Waals surface area contributed by atoms with Crippen molar-refractivity contribution in [1.82, 2.24) is 25.1 Å². The van der Waals surface area contributed by atoms with Crippen LogP contribution in [0.1, 0.15) is 31.0 Å². The zero-order valence-corrected chi connectivity index (χ0v) is 19.1. The summed E-state index contributed by atoms with van der Waals surface area (Å²) in [4.78, 5) is 17.1. The van der Waals surface area contributed by atoms with E-state index in [2.05, 4.69) is 33.5 Å². The largest absolute Gasteiger partial charge is 0.349 e. The van der Waals surface area contributed by atoms with Gasteiger partial charge < -0.3 is 5.32 Å². The average Bonchev–Trinajstić information content (AvgIpc) is 3.23. The smallest absolute Gasteiger partial charge is 0.233 e. The van der Waals surface area contributed by atoms with Crippen molar-refractivity contribution in [3.63, 3.8) is 0 Å². The second-order valence-electron chi connectivity index (χ2n) is 7.57. The molecule has 6 nitrogen and oxygen atoms in total. The Morgan fingerprint density at radius 3 is 2.44 bits per heavy atom. The number of benzene rings is 2. The number of nitrogens with zero attached hydrogens (tertiary/aromatic N) is 4. The highest BCUT2D eigenvalue weighted by molar-refractivity contribution is 8.00. The van der Waals surface area contributed by atoms with E-state index in [9.17, 15) is 4.79 Å². The molecule has 2 aromatic carbocycles. The molecule has 0 fully saturated rings. The fourth-order valence-corrected chi connectivity index (χ4v) is 4.30. The molecule has 1 N–H and O–H groups in total. The molecule has 2 unspecified atom stereocenters. The van der Waals surface area contributed by atoms with Crippen molar-refractivity contribution in [3.05, 3.63) is 90.3 Å². The van der Waals surface area contributed by atoms with E-state index < -0.39 is 0 Å². The van der Waals surface area contributed by atoms with E-state index in [4.69, 9.17) is 0 Å². The lowest BCUT2D eigenvalue weighted by Crippen LogP contribution is -2.33. The average molecular weight is 444 g/mol. The molecule has 0 radical (unpaired) electrons. The van der Waals surface area contributed by atoms with E-state index in [1.807, 2.05) is 79.1 Å². The maximum atomic E-state index is 12.9. The summed E-state index contributed by atoms with van der Waals surface area (Å²) in [6, 6.07) is 21.8. The van der Waals surface area contributed by atoms with E-state index in [1.165, 1.54) is 11.8 Å². The standard InChI is InChI=1S/C25H25N5OS/c1-17-10-7-8-14-22(17)30-23(21-13-9-15-26-16-21)28-29-25(30)32-19(3)24(31)27-18(2)20-11-5-4-6-12-20/h4-16,18-19H,1-3H3,(H,27,31). The molecule has 2 aromatic heterocycles. The predicted molar refractivity (Wildman–Crippen MR) is 128 cm³/mol. The summed E-state index contributed by atoms with van der Waals surface area (Å²) >= 11 is 1.39. The molecule has 2 heterocycles. The number of hydrogen-bond donors (Lipinski definition) is 1. The molecule has 162 valence electrons. The minimum atomic E-state index is -0.352. The van der Waals surface area contributed by atoms with Gasteiger partial charge in [-0.2, -0.15) is 0 Å². The van der Waals surface area contributed by atoms with Crippen molar-refractivity contribution in [2.45, 2.75) is 37.2 Å². The third-order valence-corrected chi connectivity index (χ3v) is 6.26. The number of rotatable bonds is 7. The maximum absolute atomic E-state index is 12.9. The first kappa shape index (κ1) is 21.8. The molecule has 0 aliphatic carbocycles. The van der Waals surface area contributed by atoms with Gasteiger partial charge in [0.05, 0.1) is 17.0 Å². The lowest BCUT2D eigenvalue weighted by molar-refractivity contribution is -0.120. The van der Waals surface area contributed by atoms with E-state index >= 15 is 0 Å². The van der Waals surface area contributed by atoms with Gasteiger partial charge in [-0.1, -0.05) is 60.3 Å². The Morgan fingerprint density at radius 1 is 0.969 bits per heavy atom. The number of aromatic nitrogens is 4. The molecule has 0 spiro atoms. The molecule has 0 saturated carbocycles. The number of carbonyl (C=O) groups excluding carboxylic acids is 1. The van der Waals surface area contributed by atoms with Crippen molar-refractivity contribution >= 4 is 17.7 Å². The molecule has 0 aliphatic heterocycles. The molecule has 7 heteroatoms. The number of aryl methyl sites for hydroxylation is 1.